The van der Waals surface area contributed by atoms with Gasteiger partial charge in [0, 0.05) is 0 Å². The lowest BCUT2D eigenvalue weighted by atomic mass is 10.1. The Morgan fingerprint density at radius 2 is 1.68 bits per heavy atom. The summed E-state index contributed by atoms with van der Waals surface area (Å²) in [5, 5.41) is 9.04. The molecular weight excluding hydrogens is 344 g/mol. The van der Waals surface area contributed by atoms with E-state index in [0.29, 0.717) is 0 Å². The average molecular weight is 364 g/mol. The Balaban J connectivity index is 2.01. The van der Waals surface area contributed by atoms with Crippen molar-refractivity contribution in [1.82, 2.24) is 0 Å². The van der Waals surface area contributed by atoms with E-state index in [1.54, 1.807) is 24.3 Å². The van der Waals surface area contributed by atoms with Crippen molar-refractivity contribution in [1.29, 1.82) is 0 Å². The molecule has 6 nitrogen and oxygen atoms in total. The van der Waals surface area contributed by atoms with Gasteiger partial charge in [0.1, 0.15) is 12.2 Å². The summed E-state index contributed by atoms with van der Waals surface area (Å²) >= 11 is 0. The Labute approximate surface area is 146 Å². The molecule has 0 atom stereocenters. The Morgan fingerprint density at radius 3 is 2.28 bits per heavy atom. The molecule has 134 valence electrons. The van der Waals surface area contributed by atoms with Crippen LogP contribution in [0.4, 0.5) is 0 Å². The highest BCUT2D eigenvalue weighted by molar-refractivity contribution is 7.91. The topological polar surface area (TPSA) is 89.9 Å². The van der Waals surface area contributed by atoms with Crippen LogP contribution in [0.15, 0.2) is 41.3 Å². The SMILES string of the molecule is Cc1cc(S(=O)(=O)CCOOc2ccccc2C(=O)O)cc(C)c1C. The molecule has 0 spiro atoms. The van der Waals surface area contributed by atoms with E-state index in [9.17, 15) is 13.2 Å². The molecule has 2 aromatic carbocycles. The first-order chi connectivity index (χ1) is 11.7. The molecule has 0 bridgehead atoms. The molecule has 2 rings (SSSR count). The highest BCUT2D eigenvalue weighted by Crippen LogP contribution is 2.21. The number of carbonyl (C=O) groups is 1. The molecule has 0 amide bonds. The molecule has 0 saturated carbocycles. The lowest BCUT2D eigenvalue weighted by Crippen LogP contribution is -2.15. The zero-order valence-electron chi connectivity index (χ0n) is 14.3. The number of benzene rings is 2. The van der Waals surface area contributed by atoms with Gasteiger partial charge in [0.25, 0.3) is 0 Å². The van der Waals surface area contributed by atoms with E-state index in [2.05, 4.69) is 0 Å². The van der Waals surface area contributed by atoms with Gasteiger partial charge < -0.3 is 9.99 Å². The van der Waals surface area contributed by atoms with Crippen molar-refractivity contribution < 1.29 is 28.1 Å². The summed E-state index contributed by atoms with van der Waals surface area (Å²) in [5.41, 5.74) is 2.82. The number of sulfone groups is 1. The number of hydrogen-bond donors (Lipinski definition) is 1. The third-order valence-corrected chi connectivity index (χ3v) is 5.62. The molecule has 0 saturated heterocycles. The van der Waals surface area contributed by atoms with Crippen LogP contribution < -0.4 is 4.89 Å². The van der Waals surface area contributed by atoms with Crippen molar-refractivity contribution in [2.24, 2.45) is 0 Å². The van der Waals surface area contributed by atoms with Crippen LogP contribution in [0.25, 0.3) is 0 Å². The number of aromatic carboxylic acids is 1. The van der Waals surface area contributed by atoms with Crippen LogP contribution >= 0.6 is 0 Å². The number of para-hydroxylation sites is 1. The van der Waals surface area contributed by atoms with E-state index in [0.717, 1.165) is 16.7 Å². The van der Waals surface area contributed by atoms with E-state index in [4.69, 9.17) is 14.9 Å². The van der Waals surface area contributed by atoms with Gasteiger partial charge >= 0.3 is 5.97 Å². The number of hydrogen-bond acceptors (Lipinski definition) is 5. The minimum atomic E-state index is -3.52. The second kappa shape index (κ2) is 7.67. The normalized spacial score (nSPS) is 11.3. The minimum Gasteiger partial charge on any atom is -0.478 e. The molecular formula is C18H20O6S. The summed E-state index contributed by atoms with van der Waals surface area (Å²) in [6, 6.07) is 9.24. The molecule has 0 unspecified atom stereocenters. The first-order valence-corrected chi connectivity index (χ1v) is 9.30. The van der Waals surface area contributed by atoms with E-state index in [1.807, 2.05) is 20.8 Å². The lowest BCUT2D eigenvalue weighted by Gasteiger charge is -2.11. The molecule has 0 heterocycles. The first kappa shape index (κ1) is 19.0. The zero-order valence-corrected chi connectivity index (χ0v) is 15.1. The van der Waals surface area contributed by atoms with Crippen LogP contribution in [-0.2, 0) is 14.7 Å². The molecule has 2 aromatic rings. The third kappa shape index (κ3) is 4.58. The van der Waals surface area contributed by atoms with Crippen molar-refractivity contribution in [3.63, 3.8) is 0 Å². The van der Waals surface area contributed by atoms with Gasteiger partial charge in [0.05, 0.1) is 10.6 Å². The summed E-state index contributed by atoms with van der Waals surface area (Å²) in [6.45, 7) is 5.45. The predicted octanol–water partition coefficient (Wildman–Crippen LogP) is 3.09. The Bertz CT molecular complexity index is 863. The van der Waals surface area contributed by atoms with Crippen molar-refractivity contribution in [3.8, 4) is 5.75 Å². The maximum atomic E-state index is 12.4. The van der Waals surface area contributed by atoms with Crippen molar-refractivity contribution >= 4 is 15.8 Å². The average Bonchev–Trinajstić information content (AvgIpc) is 2.56. The molecule has 0 fully saturated rings. The van der Waals surface area contributed by atoms with Gasteiger partial charge in [0.2, 0.25) is 0 Å². The number of rotatable bonds is 7. The molecule has 0 aliphatic heterocycles. The molecule has 1 N–H and O–H groups in total. The summed E-state index contributed by atoms with van der Waals surface area (Å²) < 4.78 is 24.8. The Kier molecular flexibility index (Phi) is 5.81. The molecule has 25 heavy (non-hydrogen) atoms. The molecule has 0 radical (unpaired) electrons. The second-order valence-electron chi connectivity index (χ2n) is 5.71. The van der Waals surface area contributed by atoms with E-state index in [1.165, 1.54) is 12.1 Å². The molecule has 0 aliphatic rings. The smallest absolute Gasteiger partial charge is 0.339 e. The number of carboxylic acid groups (broad SMARTS) is 1. The number of aryl methyl sites for hydroxylation is 2. The van der Waals surface area contributed by atoms with E-state index in [-0.39, 0.29) is 28.6 Å². The van der Waals surface area contributed by atoms with Crippen molar-refractivity contribution in [2.75, 3.05) is 12.4 Å². The summed E-state index contributed by atoms with van der Waals surface area (Å²) in [6.07, 6.45) is 0. The molecule has 0 aliphatic carbocycles. The predicted molar refractivity (Wildman–Crippen MR) is 92.7 cm³/mol. The van der Waals surface area contributed by atoms with Gasteiger partial charge in [-0.25, -0.2) is 13.2 Å². The van der Waals surface area contributed by atoms with Crippen molar-refractivity contribution in [3.05, 3.63) is 58.7 Å². The molecule has 0 aromatic heterocycles. The lowest BCUT2D eigenvalue weighted by molar-refractivity contribution is -0.201. The summed E-state index contributed by atoms with van der Waals surface area (Å²) in [7, 11) is -3.52. The quantitative estimate of drug-likeness (QED) is 0.461. The fourth-order valence-electron chi connectivity index (χ4n) is 2.26. The zero-order chi connectivity index (χ0) is 18.6. The fourth-order valence-corrected chi connectivity index (χ4v) is 3.49. The Hall–Kier alpha value is -2.38. The maximum absolute atomic E-state index is 12.4. The van der Waals surface area contributed by atoms with Gasteiger partial charge in [0.15, 0.2) is 15.6 Å². The van der Waals surface area contributed by atoms with Crippen molar-refractivity contribution in [2.45, 2.75) is 25.7 Å². The standard InChI is InChI=1S/C18H20O6S/c1-12-10-15(11-13(2)14(12)3)25(21,22)9-8-23-24-17-7-5-4-6-16(17)18(19)20/h4-7,10-11H,8-9H2,1-3H3,(H,19,20). The van der Waals surface area contributed by atoms with Crippen LogP contribution in [0, 0.1) is 20.8 Å². The fraction of sp³-hybridized carbons (Fsp3) is 0.278. The van der Waals surface area contributed by atoms with Gasteiger partial charge in [-0.3, -0.25) is 0 Å². The highest BCUT2D eigenvalue weighted by atomic mass is 32.2. The largest absolute Gasteiger partial charge is 0.478 e. The number of carboxylic acids is 1. The van der Waals surface area contributed by atoms with E-state index >= 15 is 0 Å². The van der Waals surface area contributed by atoms with Crippen LogP contribution in [0.5, 0.6) is 5.75 Å². The van der Waals surface area contributed by atoms with E-state index < -0.39 is 15.8 Å². The van der Waals surface area contributed by atoms with Crippen LogP contribution in [0.1, 0.15) is 27.0 Å². The maximum Gasteiger partial charge on any atom is 0.339 e. The monoisotopic (exact) mass is 364 g/mol. The van der Waals surface area contributed by atoms with Gasteiger partial charge in [-0.1, -0.05) is 12.1 Å². The van der Waals surface area contributed by atoms with Gasteiger partial charge in [-0.2, -0.15) is 4.89 Å². The summed E-state index contributed by atoms with van der Waals surface area (Å²) in [4.78, 5) is 21.2. The van der Waals surface area contributed by atoms with Gasteiger partial charge in [-0.15, -0.1) is 0 Å². The second-order valence-corrected chi connectivity index (χ2v) is 7.82. The first-order valence-electron chi connectivity index (χ1n) is 7.65. The van der Waals surface area contributed by atoms with Crippen LogP contribution in [-0.4, -0.2) is 31.9 Å². The third-order valence-electron chi connectivity index (χ3n) is 3.96. The summed E-state index contributed by atoms with van der Waals surface area (Å²) in [5.74, 6) is -1.41. The van der Waals surface area contributed by atoms with Gasteiger partial charge in [-0.05, 0) is 61.7 Å². The van der Waals surface area contributed by atoms with Crippen LogP contribution in [0.3, 0.4) is 0 Å². The van der Waals surface area contributed by atoms with Crippen LogP contribution in [0.2, 0.25) is 0 Å². The minimum absolute atomic E-state index is 0.0226. The Morgan fingerprint density at radius 1 is 1.08 bits per heavy atom. The molecule has 7 heteroatoms. The highest BCUT2D eigenvalue weighted by Gasteiger charge is 2.17.